The SMILES string of the molecule is O=C(c1ccc(F)cc1)N1CCC(Nc2cccnc2)CC1. The Bertz CT molecular complexity index is 622. The van der Waals surface area contributed by atoms with E-state index in [2.05, 4.69) is 10.3 Å². The van der Waals surface area contributed by atoms with Gasteiger partial charge in [-0.15, -0.1) is 0 Å². The van der Waals surface area contributed by atoms with Crippen molar-refractivity contribution in [1.29, 1.82) is 0 Å². The zero-order chi connectivity index (χ0) is 15.4. The fourth-order valence-corrected chi connectivity index (χ4v) is 2.69. The van der Waals surface area contributed by atoms with Gasteiger partial charge in [-0.3, -0.25) is 9.78 Å². The summed E-state index contributed by atoms with van der Waals surface area (Å²) in [5.41, 5.74) is 1.55. The molecule has 2 heterocycles. The topological polar surface area (TPSA) is 45.2 Å². The molecule has 3 rings (SSSR count). The third-order valence-electron chi connectivity index (χ3n) is 3.91. The highest BCUT2D eigenvalue weighted by atomic mass is 19.1. The van der Waals surface area contributed by atoms with Crippen LogP contribution in [-0.2, 0) is 0 Å². The van der Waals surface area contributed by atoms with E-state index in [1.807, 2.05) is 17.0 Å². The summed E-state index contributed by atoms with van der Waals surface area (Å²) in [6.45, 7) is 1.41. The van der Waals surface area contributed by atoms with Crippen LogP contribution in [0.5, 0.6) is 0 Å². The van der Waals surface area contributed by atoms with E-state index in [4.69, 9.17) is 0 Å². The Morgan fingerprint density at radius 2 is 1.91 bits per heavy atom. The predicted molar refractivity (Wildman–Crippen MR) is 83.2 cm³/mol. The number of likely N-dealkylation sites (tertiary alicyclic amines) is 1. The van der Waals surface area contributed by atoms with Gasteiger partial charge in [0, 0.05) is 37.1 Å². The van der Waals surface area contributed by atoms with Crippen LogP contribution in [0, 0.1) is 5.82 Å². The van der Waals surface area contributed by atoms with Crippen LogP contribution < -0.4 is 5.32 Å². The van der Waals surface area contributed by atoms with E-state index < -0.39 is 0 Å². The Morgan fingerprint density at radius 3 is 2.55 bits per heavy atom. The van der Waals surface area contributed by atoms with Crippen LogP contribution in [0.15, 0.2) is 48.8 Å². The van der Waals surface area contributed by atoms with Crippen molar-refractivity contribution in [3.8, 4) is 0 Å². The first-order chi connectivity index (χ1) is 10.7. The maximum Gasteiger partial charge on any atom is 0.253 e. The summed E-state index contributed by atoms with van der Waals surface area (Å²) in [5.74, 6) is -0.351. The van der Waals surface area contributed by atoms with Crippen LogP contribution in [0.2, 0.25) is 0 Å². The van der Waals surface area contributed by atoms with Gasteiger partial charge in [0.1, 0.15) is 5.82 Å². The minimum atomic E-state index is -0.323. The van der Waals surface area contributed by atoms with Gasteiger partial charge in [0.25, 0.3) is 5.91 Å². The molecule has 22 heavy (non-hydrogen) atoms. The van der Waals surface area contributed by atoms with Gasteiger partial charge in [-0.05, 0) is 49.2 Å². The van der Waals surface area contributed by atoms with Crippen molar-refractivity contribution in [2.45, 2.75) is 18.9 Å². The van der Waals surface area contributed by atoms with Crippen molar-refractivity contribution in [2.24, 2.45) is 0 Å². The monoisotopic (exact) mass is 299 g/mol. The summed E-state index contributed by atoms with van der Waals surface area (Å²) >= 11 is 0. The average Bonchev–Trinajstić information content (AvgIpc) is 2.57. The number of hydrogen-bond donors (Lipinski definition) is 1. The number of aromatic nitrogens is 1. The molecule has 0 spiro atoms. The van der Waals surface area contributed by atoms with Gasteiger partial charge in [-0.1, -0.05) is 0 Å². The summed E-state index contributed by atoms with van der Waals surface area (Å²) < 4.78 is 12.9. The fraction of sp³-hybridized carbons (Fsp3) is 0.294. The number of hydrogen-bond acceptors (Lipinski definition) is 3. The van der Waals surface area contributed by atoms with Crippen LogP contribution in [0.3, 0.4) is 0 Å². The molecule has 0 bridgehead atoms. The van der Waals surface area contributed by atoms with E-state index in [0.717, 1.165) is 18.5 Å². The van der Waals surface area contributed by atoms with Gasteiger partial charge in [0.15, 0.2) is 0 Å². The number of rotatable bonds is 3. The quantitative estimate of drug-likeness (QED) is 0.948. The lowest BCUT2D eigenvalue weighted by Gasteiger charge is -2.33. The molecule has 1 saturated heterocycles. The average molecular weight is 299 g/mol. The van der Waals surface area contributed by atoms with E-state index in [1.54, 1.807) is 12.4 Å². The molecular weight excluding hydrogens is 281 g/mol. The molecule has 2 aromatic rings. The van der Waals surface area contributed by atoms with E-state index in [1.165, 1.54) is 24.3 Å². The molecule has 1 aliphatic rings. The second-order valence-electron chi connectivity index (χ2n) is 5.46. The molecule has 1 amide bonds. The third-order valence-corrected chi connectivity index (χ3v) is 3.91. The second kappa shape index (κ2) is 6.56. The highest BCUT2D eigenvalue weighted by molar-refractivity contribution is 5.94. The highest BCUT2D eigenvalue weighted by Crippen LogP contribution is 2.18. The minimum absolute atomic E-state index is 0.0279. The zero-order valence-corrected chi connectivity index (χ0v) is 12.2. The molecule has 1 aromatic heterocycles. The molecule has 0 aliphatic carbocycles. The fourth-order valence-electron chi connectivity index (χ4n) is 2.69. The Hall–Kier alpha value is -2.43. The number of halogens is 1. The number of pyridine rings is 1. The number of carbonyl (C=O) groups excluding carboxylic acids is 1. The van der Waals surface area contributed by atoms with E-state index >= 15 is 0 Å². The number of benzene rings is 1. The molecule has 0 atom stereocenters. The smallest absolute Gasteiger partial charge is 0.253 e. The molecule has 1 fully saturated rings. The van der Waals surface area contributed by atoms with Crippen LogP contribution in [-0.4, -0.2) is 34.9 Å². The molecule has 1 aliphatic heterocycles. The third kappa shape index (κ3) is 3.42. The molecule has 4 nitrogen and oxygen atoms in total. The Balaban J connectivity index is 1.55. The van der Waals surface area contributed by atoms with Crippen molar-refractivity contribution in [1.82, 2.24) is 9.88 Å². The Labute approximate surface area is 129 Å². The van der Waals surface area contributed by atoms with Gasteiger partial charge in [-0.2, -0.15) is 0 Å². The first-order valence-electron chi connectivity index (χ1n) is 7.44. The summed E-state index contributed by atoms with van der Waals surface area (Å²) in [6, 6.07) is 9.96. The van der Waals surface area contributed by atoms with E-state index in [-0.39, 0.29) is 11.7 Å². The molecular formula is C17H18FN3O. The highest BCUT2D eigenvalue weighted by Gasteiger charge is 2.23. The standard InChI is InChI=1S/C17H18FN3O/c18-14-5-3-13(4-6-14)17(22)21-10-7-15(8-11-21)20-16-2-1-9-19-12-16/h1-6,9,12,15,20H,7-8,10-11H2. The van der Waals surface area contributed by atoms with Gasteiger partial charge in [0.2, 0.25) is 0 Å². The number of piperidine rings is 1. The largest absolute Gasteiger partial charge is 0.381 e. The lowest BCUT2D eigenvalue weighted by molar-refractivity contribution is 0.0718. The van der Waals surface area contributed by atoms with Crippen molar-refractivity contribution >= 4 is 11.6 Å². The number of nitrogens with zero attached hydrogens (tertiary/aromatic N) is 2. The van der Waals surface area contributed by atoms with Crippen LogP contribution in [0.1, 0.15) is 23.2 Å². The number of anilines is 1. The lowest BCUT2D eigenvalue weighted by Crippen LogP contribution is -2.42. The Kier molecular flexibility index (Phi) is 4.32. The van der Waals surface area contributed by atoms with Crippen LogP contribution in [0.4, 0.5) is 10.1 Å². The molecule has 1 N–H and O–H groups in total. The minimum Gasteiger partial charge on any atom is -0.381 e. The number of nitrogens with one attached hydrogen (secondary N) is 1. The first kappa shape index (κ1) is 14.5. The maximum absolute atomic E-state index is 12.9. The molecule has 1 aromatic carbocycles. The second-order valence-corrected chi connectivity index (χ2v) is 5.46. The van der Waals surface area contributed by atoms with Gasteiger partial charge in [-0.25, -0.2) is 4.39 Å². The molecule has 114 valence electrons. The number of carbonyl (C=O) groups is 1. The van der Waals surface area contributed by atoms with Crippen molar-refractivity contribution < 1.29 is 9.18 Å². The van der Waals surface area contributed by atoms with Crippen LogP contribution >= 0.6 is 0 Å². The van der Waals surface area contributed by atoms with Crippen molar-refractivity contribution in [2.75, 3.05) is 18.4 Å². The van der Waals surface area contributed by atoms with Crippen LogP contribution in [0.25, 0.3) is 0 Å². The first-order valence-corrected chi connectivity index (χ1v) is 7.44. The number of amides is 1. The maximum atomic E-state index is 12.9. The predicted octanol–water partition coefficient (Wildman–Crippen LogP) is 2.94. The van der Waals surface area contributed by atoms with Crippen molar-refractivity contribution in [3.05, 3.63) is 60.2 Å². The molecule has 5 heteroatoms. The van der Waals surface area contributed by atoms with E-state index in [0.29, 0.717) is 24.7 Å². The molecule has 0 saturated carbocycles. The Morgan fingerprint density at radius 1 is 1.18 bits per heavy atom. The normalized spacial score (nSPS) is 15.6. The van der Waals surface area contributed by atoms with Crippen molar-refractivity contribution in [3.63, 3.8) is 0 Å². The van der Waals surface area contributed by atoms with Gasteiger partial charge >= 0.3 is 0 Å². The molecule has 0 radical (unpaired) electrons. The summed E-state index contributed by atoms with van der Waals surface area (Å²) in [7, 11) is 0. The zero-order valence-electron chi connectivity index (χ0n) is 12.2. The summed E-state index contributed by atoms with van der Waals surface area (Å²) in [4.78, 5) is 18.3. The van der Waals surface area contributed by atoms with E-state index in [9.17, 15) is 9.18 Å². The summed E-state index contributed by atoms with van der Waals surface area (Å²) in [6.07, 6.45) is 5.33. The lowest BCUT2D eigenvalue weighted by atomic mass is 10.0. The van der Waals surface area contributed by atoms with Gasteiger partial charge < -0.3 is 10.2 Å². The van der Waals surface area contributed by atoms with Gasteiger partial charge in [0.05, 0.1) is 5.69 Å². The molecule has 0 unspecified atom stereocenters. The summed E-state index contributed by atoms with van der Waals surface area (Å²) in [5, 5.41) is 3.44.